The van der Waals surface area contributed by atoms with Crippen molar-refractivity contribution in [1.82, 2.24) is 4.90 Å². The Hall–Kier alpha value is -2.57. The van der Waals surface area contributed by atoms with Crippen LogP contribution in [-0.2, 0) is 16.6 Å². The number of nitrogens with zero attached hydrogens (tertiary/aromatic N) is 1. The molecule has 3 aromatic carbocycles. The molecule has 1 atom stereocenters. The Labute approximate surface area is 165 Å². The summed E-state index contributed by atoms with van der Waals surface area (Å²) in [5.74, 6) is 0.850. The first-order valence-corrected chi connectivity index (χ1v) is 11.1. The van der Waals surface area contributed by atoms with Crippen LogP contribution < -0.4 is 9.46 Å². The molecule has 5 rings (SSSR count). The van der Waals surface area contributed by atoms with Gasteiger partial charge in [-0.2, -0.15) is 0 Å². The highest BCUT2D eigenvalue weighted by Gasteiger charge is 2.29. The Morgan fingerprint density at radius 1 is 1.04 bits per heavy atom. The maximum Gasteiger partial charge on any atom is 0.262 e. The molecular formula is C22H22N2O3S. The molecule has 5 nitrogen and oxygen atoms in total. The van der Waals surface area contributed by atoms with Gasteiger partial charge in [-0.3, -0.25) is 9.62 Å². The largest absolute Gasteiger partial charge is 0.492 e. The lowest BCUT2D eigenvalue weighted by molar-refractivity contribution is 0.188. The molecule has 0 radical (unpaired) electrons. The fourth-order valence-electron chi connectivity index (χ4n) is 4.24. The summed E-state index contributed by atoms with van der Waals surface area (Å²) in [7, 11) is -3.70. The standard InChI is InChI=1S/C22H22N2O3S/c25-28(26,22-9-3-6-16-5-1-2-8-20(16)22)23-18-10-11-21-17(13-18)14-24-12-4-7-19(24)15-27-21/h1-3,5-6,8-11,13,19,23H,4,7,12,14-15H2/t19-/m0/s1. The molecule has 0 spiro atoms. The molecule has 0 amide bonds. The number of hydrogen-bond acceptors (Lipinski definition) is 4. The van der Waals surface area contributed by atoms with Crippen LogP contribution in [0.1, 0.15) is 18.4 Å². The van der Waals surface area contributed by atoms with Crippen LogP contribution in [0.4, 0.5) is 5.69 Å². The first-order chi connectivity index (χ1) is 13.6. The average Bonchev–Trinajstić information content (AvgIpc) is 3.06. The minimum Gasteiger partial charge on any atom is -0.492 e. The third-order valence-electron chi connectivity index (χ3n) is 5.66. The van der Waals surface area contributed by atoms with Crippen molar-refractivity contribution in [3.63, 3.8) is 0 Å². The van der Waals surface area contributed by atoms with E-state index in [0.717, 1.165) is 41.6 Å². The van der Waals surface area contributed by atoms with Crippen LogP contribution in [0.25, 0.3) is 10.8 Å². The zero-order chi connectivity index (χ0) is 19.1. The summed E-state index contributed by atoms with van der Waals surface area (Å²) in [6, 6.07) is 18.9. The Balaban J connectivity index is 1.47. The molecule has 3 aromatic rings. The molecule has 2 aliphatic rings. The van der Waals surface area contributed by atoms with Crippen LogP contribution in [0.15, 0.2) is 65.6 Å². The second kappa shape index (κ2) is 6.79. The SMILES string of the molecule is O=S(=O)(Nc1ccc2c(c1)CN1CCC[C@H]1CO2)c1cccc2ccccc12. The molecule has 1 N–H and O–H groups in total. The summed E-state index contributed by atoms with van der Waals surface area (Å²) in [5, 5.41) is 1.62. The van der Waals surface area contributed by atoms with Gasteiger partial charge in [0, 0.05) is 29.2 Å². The third kappa shape index (κ3) is 3.12. The van der Waals surface area contributed by atoms with Crippen LogP contribution in [0.2, 0.25) is 0 Å². The number of anilines is 1. The Kier molecular flexibility index (Phi) is 4.25. The highest BCUT2D eigenvalue weighted by Crippen LogP contribution is 2.32. The number of fused-ring (bicyclic) bond motifs is 3. The van der Waals surface area contributed by atoms with Crippen LogP contribution in [0.5, 0.6) is 5.75 Å². The van der Waals surface area contributed by atoms with E-state index < -0.39 is 10.0 Å². The highest BCUT2D eigenvalue weighted by atomic mass is 32.2. The van der Waals surface area contributed by atoms with Gasteiger partial charge < -0.3 is 4.74 Å². The van der Waals surface area contributed by atoms with Crippen molar-refractivity contribution in [1.29, 1.82) is 0 Å². The highest BCUT2D eigenvalue weighted by molar-refractivity contribution is 7.93. The number of ether oxygens (including phenoxy) is 1. The van der Waals surface area contributed by atoms with Gasteiger partial charge in [-0.05, 0) is 49.0 Å². The molecule has 0 aromatic heterocycles. The van der Waals surface area contributed by atoms with Crippen molar-refractivity contribution in [2.24, 2.45) is 0 Å². The van der Waals surface area contributed by atoms with Gasteiger partial charge in [0.2, 0.25) is 0 Å². The van der Waals surface area contributed by atoms with E-state index in [1.54, 1.807) is 18.2 Å². The summed E-state index contributed by atoms with van der Waals surface area (Å²) >= 11 is 0. The molecular weight excluding hydrogens is 372 g/mol. The van der Waals surface area contributed by atoms with E-state index in [2.05, 4.69) is 9.62 Å². The van der Waals surface area contributed by atoms with Crippen LogP contribution in [0, 0.1) is 0 Å². The Bertz CT molecular complexity index is 1140. The van der Waals surface area contributed by atoms with E-state index in [-0.39, 0.29) is 4.90 Å². The molecule has 2 heterocycles. The summed E-state index contributed by atoms with van der Waals surface area (Å²) in [6.07, 6.45) is 2.35. The van der Waals surface area contributed by atoms with Crippen LogP contribution in [-0.4, -0.2) is 32.5 Å². The maximum atomic E-state index is 13.1. The first-order valence-electron chi connectivity index (χ1n) is 9.60. The number of hydrogen-bond donors (Lipinski definition) is 1. The van der Waals surface area contributed by atoms with Crippen molar-refractivity contribution in [2.45, 2.75) is 30.3 Å². The second-order valence-electron chi connectivity index (χ2n) is 7.48. The molecule has 28 heavy (non-hydrogen) atoms. The van der Waals surface area contributed by atoms with E-state index in [1.807, 2.05) is 42.5 Å². The molecule has 6 heteroatoms. The van der Waals surface area contributed by atoms with Crippen molar-refractivity contribution in [2.75, 3.05) is 17.9 Å². The van der Waals surface area contributed by atoms with Crippen molar-refractivity contribution < 1.29 is 13.2 Å². The molecule has 1 fully saturated rings. The van der Waals surface area contributed by atoms with Gasteiger partial charge in [0.25, 0.3) is 10.0 Å². The minimum absolute atomic E-state index is 0.288. The average molecular weight is 394 g/mol. The molecule has 144 valence electrons. The number of sulfonamides is 1. The number of benzene rings is 3. The fraction of sp³-hybridized carbons (Fsp3) is 0.273. The topological polar surface area (TPSA) is 58.6 Å². The van der Waals surface area contributed by atoms with E-state index in [4.69, 9.17) is 4.74 Å². The van der Waals surface area contributed by atoms with Gasteiger partial charge in [0.05, 0.1) is 4.90 Å². The normalized spacial score (nSPS) is 19.5. The van der Waals surface area contributed by atoms with Gasteiger partial charge in [-0.15, -0.1) is 0 Å². The van der Waals surface area contributed by atoms with Crippen molar-refractivity contribution in [3.05, 3.63) is 66.2 Å². The van der Waals surface area contributed by atoms with Gasteiger partial charge in [0.1, 0.15) is 12.4 Å². The van der Waals surface area contributed by atoms with E-state index in [0.29, 0.717) is 18.3 Å². The quantitative estimate of drug-likeness (QED) is 0.730. The predicted octanol–water partition coefficient (Wildman–Crippen LogP) is 4.00. The molecule has 0 unspecified atom stereocenters. The van der Waals surface area contributed by atoms with Crippen LogP contribution in [0.3, 0.4) is 0 Å². The van der Waals surface area contributed by atoms with Gasteiger partial charge in [-0.25, -0.2) is 8.42 Å². The van der Waals surface area contributed by atoms with Crippen molar-refractivity contribution >= 4 is 26.5 Å². The van der Waals surface area contributed by atoms with Gasteiger partial charge >= 0.3 is 0 Å². The zero-order valence-corrected chi connectivity index (χ0v) is 16.3. The Morgan fingerprint density at radius 2 is 1.89 bits per heavy atom. The van der Waals surface area contributed by atoms with Gasteiger partial charge in [-0.1, -0.05) is 36.4 Å². The summed E-state index contributed by atoms with van der Waals surface area (Å²) in [6.45, 7) is 2.57. The smallest absolute Gasteiger partial charge is 0.262 e. The number of nitrogens with one attached hydrogen (secondary N) is 1. The second-order valence-corrected chi connectivity index (χ2v) is 9.13. The van der Waals surface area contributed by atoms with E-state index in [9.17, 15) is 8.42 Å². The summed E-state index contributed by atoms with van der Waals surface area (Å²) in [5.41, 5.74) is 1.59. The molecule has 0 saturated carbocycles. The van der Waals surface area contributed by atoms with Crippen molar-refractivity contribution in [3.8, 4) is 5.75 Å². The van der Waals surface area contributed by atoms with E-state index in [1.165, 1.54) is 6.42 Å². The summed E-state index contributed by atoms with van der Waals surface area (Å²) in [4.78, 5) is 2.71. The fourth-order valence-corrected chi connectivity index (χ4v) is 5.52. The lowest BCUT2D eigenvalue weighted by Crippen LogP contribution is -2.31. The number of rotatable bonds is 3. The first kappa shape index (κ1) is 17.5. The predicted molar refractivity (Wildman–Crippen MR) is 110 cm³/mol. The van der Waals surface area contributed by atoms with E-state index >= 15 is 0 Å². The molecule has 0 bridgehead atoms. The molecule has 2 aliphatic heterocycles. The lowest BCUT2D eigenvalue weighted by Gasteiger charge is -2.19. The molecule has 0 aliphatic carbocycles. The zero-order valence-electron chi connectivity index (χ0n) is 15.5. The van der Waals surface area contributed by atoms with Gasteiger partial charge in [0.15, 0.2) is 0 Å². The monoisotopic (exact) mass is 394 g/mol. The van der Waals surface area contributed by atoms with Crippen LogP contribution >= 0.6 is 0 Å². The third-order valence-corrected chi connectivity index (χ3v) is 7.10. The lowest BCUT2D eigenvalue weighted by atomic mass is 10.1. The summed E-state index contributed by atoms with van der Waals surface area (Å²) < 4.78 is 34.9. The molecule has 1 saturated heterocycles. The maximum absolute atomic E-state index is 13.1. The minimum atomic E-state index is -3.70. The Morgan fingerprint density at radius 3 is 2.82 bits per heavy atom.